The van der Waals surface area contributed by atoms with Crippen LogP contribution in [0.4, 0.5) is 28.4 Å². The molecule has 0 amide bonds. The van der Waals surface area contributed by atoms with Gasteiger partial charge in [0.05, 0.1) is 0 Å². The van der Waals surface area contributed by atoms with Crippen molar-refractivity contribution in [1.29, 1.82) is 0 Å². The lowest BCUT2D eigenvalue weighted by Crippen LogP contribution is -2.30. The molecule has 5 aromatic carbocycles. The zero-order valence-electron chi connectivity index (χ0n) is 24.5. The SMILES string of the molecule is Cc1ccc(Nc2ccc(C3(c4ccc(N(c5ccc(C)cc5)c5ccc(C)cc5)cc4)CCCCC3)cc2)cc1. The molecule has 1 N–H and O–H groups in total. The van der Waals surface area contributed by atoms with Gasteiger partial charge in [0, 0.05) is 33.9 Å². The molecule has 6 rings (SSSR count). The number of nitrogens with one attached hydrogen (secondary N) is 1. The Bertz CT molecular complexity index is 1510. The lowest BCUT2D eigenvalue weighted by molar-refractivity contribution is 0.346. The molecule has 2 heteroatoms. The van der Waals surface area contributed by atoms with Gasteiger partial charge in [-0.1, -0.05) is 96.6 Å². The topological polar surface area (TPSA) is 15.3 Å². The number of rotatable bonds is 7. The van der Waals surface area contributed by atoms with Crippen LogP contribution < -0.4 is 10.2 Å². The molecule has 1 saturated carbocycles. The first-order chi connectivity index (χ1) is 20.0. The van der Waals surface area contributed by atoms with E-state index in [1.165, 1.54) is 77.0 Å². The van der Waals surface area contributed by atoms with Crippen LogP contribution in [0.1, 0.15) is 59.9 Å². The highest BCUT2D eigenvalue weighted by Gasteiger charge is 2.35. The van der Waals surface area contributed by atoms with E-state index in [4.69, 9.17) is 0 Å². The maximum absolute atomic E-state index is 3.57. The van der Waals surface area contributed by atoms with Gasteiger partial charge < -0.3 is 10.2 Å². The highest BCUT2D eigenvalue weighted by Crippen LogP contribution is 2.46. The van der Waals surface area contributed by atoms with Gasteiger partial charge in [-0.25, -0.2) is 0 Å². The van der Waals surface area contributed by atoms with Crippen molar-refractivity contribution in [3.63, 3.8) is 0 Å². The van der Waals surface area contributed by atoms with Gasteiger partial charge in [0.25, 0.3) is 0 Å². The Hall–Kier alpha value is -4.30. The largest absolute Gasteiger partial charge is 0.356 e. The summed E-state index contributed by atoms with van der Waals surface area (Å²) in [7, 11) is 0. The van der Waals surface area contributed by atoms with Crippen molar-refractivity contribution in [3.8, 4) is 0 Å². The third kappa shape index (κ3) is 5.79. The van der Waals surface area contributed by atoms with Crippen LogP contribution in [0.5, 0.6) is 0 Å². The fourth-order valence-electron chi connectivity index (χ4n) is 6.34. The zero-order chi connectivity index (χ0) is 28.2. The average molecular weight is 537 g/mol. The summed E-state index contributed by atoms with van der Waals surface area (Å²) in [5, 5.41) is 3.57. The standard InChI is InChI=1S/C39H40N2/c1-29-7-17-34(18-8-29)40-35-19-13-32(14-20-35)39(27-5-4-6-28-39)33-15-25-38(26-16-33)41(36-21-9-30(2)10-22-36)37-23-11-31(3)12-24-37/h7-26,40H,4-6,27-28H2,1-3H3. The van der Waals surface area contributed by atoms with Gasteiger partial charge in [-0.05, 0) is 105 Å². The summed E-state index contributed by atoms with van der Waals surface area (Å²) in [4.78, 5) is 2.36. The molecule has 41 heavy (non-hydrogen) atoms. The van der Waals surface area contributed by atoms with E-state index >= 15 is 0 Å². The summed E-state index contributed by atoms with van der Waals surface area (Å²) in [6.45, 7) is 6.41. The maximum atomic E-state index is 3.57. The minimum Gasteiger partial charge on any atom is -0.356 e. The third-order valence-electron chi connectivity index (χ3n) is 8.75. The predicted molar refractivity (Wildman–Crippen MR) is 175 cm³/mol. The van der Waals surface area contributed by atoms with Crippen LogP contribution in [-0.4, -0.2) is 0 Å². The van der Waals surface area contributed by atoms with Crippen molar-refractivity contribution >= 4 is 28.4 Å². The number of hydrogen-bond acceptors (Lipinski definition) is 2. The molecular formula is C39H40N2. The van der Waals surface area contributed by atoms with E-state index < -0.39 is 0 Å². The Morgan fingerprint density at radius 2 is 0.780 bits per heavy atom. The van der Waals surface area contributed by atoms with Crippen molar-refractivity contribution in [3.05, 3.63) is 149 Å². The van der Waals surface area contributed by atoms with Crippen LogP contribution in [0, 0.1) is 20.8 Å². The summed E-state index contributed by atoms with van der Waals surface area (Å²) in [5.74, 6) is 0. The second-order valence-corrected chi connectivity index (χ2v) is 11.8. The Morgan fingerprint density at radius 3 is 1.22 bits per heavy atom. The molecule has 1 fully saturated rings. The second kappa shape index (κ2) is 11.7. The molecule has 0 heterocycles. The Labute approximate surface area is 245 Å². The summed E-state index contributed by atoms with van der Waals surface area (Å²) >= 11 is 0. The van der Waals surface area contributed by atoms with Gasteiger partial charge in [-0.2, -0.15) is 0 Å². The van der Waals surface area contributed by atoms with Crippen LogP contribution in [0.15, 0.2) is 121 Å². The first-order valence-electron chi connectivity index (χ1n) is 15.0. The normalized spacial score (nSPS) is 14.4. The van der Waals surface area contributed by atoms with E-state index in [1.54, 1.807) is 0 Å². The number of aryl methyl sites for hydroxylation is 3. The number of nitrogens with zero attached hydrogens (tertiary/aromatic N) is 1. The molecule has 0 radical (unpaired) electrons. The van der Waals surface area contributed by atoms with E-state index in [9.17, 15) is 0 Å². The monoisotopic (exact) mass is 536 g/mol. The molecule has 0 aliphatic heterocycles. The number of hydrogen-bond donors (Lipinski definition) is 1. The van der Waals surface area contributed by atoms with Crippen LogP contribution in [0.25, 0.3) is 0 Å². The Morgan fingerprint density at radius 1 is 0.439 bits per heavy atom. The summed E-state index contributed by atoms with van der Waals surface area (Å²) in [5.41, 5.74) is 12.5. The summed E-state index contributed by atoms with van der Waals surface area (Å²) < 4.78 is 0. The van der Waals surface area contributed by atoms with E-state index in [0.717, 1.165) is 11.4 Å². The van der Waals surface area contributed by atoms with Gasteiger partial charge in [-0.15, -0.1) is 0 Å². The second-order valence-electron chi connectivity index (χ2n) is 11.8. The zero-order valence-corrected chi connectivity index (χ0v) is 24.5. The van der Waals surface area contributed by atoms with Gasteiger partial charge >= 0.3 is 0 Å². The molecule has 2 nitrogen and oxygen atoms in total. The van der Waals surface area contributed by atoms with Gasteiger partial charge in [-0.3, -0.25) is 0 Å². The first-order valence-corrected chi connectivity index (χ1v) is 15.0. The van der Waals surface area contributed by atoms with Crippen molar-refractivity contribution in [1.82, 2.24) is 0 Å². The fraction of sp³-hybridized carbons (Fsp3) is 0.231. The molecule has 0 bridgehead atoms. The highest BCUT2D eigenvalue weighted by atomic mass is 15.1. The van der Waals surface area contributed by atoms with Crippen molar-refractivity contribution in [2.24, 2.45) is 0 Å². The van der Waals surface area contributed by atoms with Crippen molar-refractivity contribution < 1.29 is 0 Å². The van der Waals surface area contributed by atoms with E-state index in [-0.39, 0.29) is 5.41 Å². The first kappa shape index (κ1) is 26.9. The fourth-order valence-corrected chi connectivity index (χ4v) is 6.34. The molecule has 5 aromatic rings. The molecule has 0 aromatic heterocycles. The predicted octanol–water partition coefficient (Wildman–Crippen LogP) is 11.1. The molecule has 206 valence electrons. The summed E-state index contributed by atoms with van der Waals surface area (Å²) in [6.07, 6.45) is 6.24. The molecule has 0 spiro atoms. The number of benzene rings is 5. The Kier molecular flexibility index (Phi) is 7.65. The molecule has 1 aliphatic rings. The molecule has 0 saturated heterocycles. The van der Waals surface area contributed by atoms with Crippen LogP contribution >= 0.6 is 0 Å². The molecule has 1 aliphatic carbocycles. The van der Waals surface area contributed by atoms with Gasteiger partial charge in [0.15, 0.2) is 0 Å². The highest BCUT2D eigenvalue weighted by molar-refractivity contribution is 5.77. The van der Waals surface area contributed by atoms with Gasteiger partial charge in [0.1, 0.15) is 0 Å². The van der Waals surface area contributed by atoms with Crippen molar-refractivity contribution in [2.75, 3.05) is 10.2 Å². The lowest BCUT2D eigenvalue weighted by Gasteiger charge is -2.39. The average Bonchev–Trinajstić information content (AvgIpc) is 3.01. The minimum atomic E-state index is 0.0533. The number of anilines is 5. The van der Waals surface area contributed by atoms with E-state index in [2.05, 4.69) is 152 Å². The molecule has 0 atom stereocenters. The smallest absolute Gasteiger partial charge is 0.0461 e. The maximum Gasteiger partial charge on any atom is 0.0461 e. The lowest BCUT2D eigenvalue weighted by atomic mass is 9.65. The van der Waals surface area contributed by atoms with Crippen LogP contribution in [0.3, 0.4) is 0 Å². The third-order valence-corrected chi connectivity index (χ3v) is 8.75. The van der Waals surface area contributed by atoms with Crippen LogP contribution in [-0.2, 0) is 5.41 Å². The molecule has 0 unspecified atom stereocenters. The quantitative estimate of drug-likeness (QED) is 0.222. The summed E-state index contributed by atoms with van der Waals surface area (Å²) in [6, 6.07) is 44.8. The van der Waals surface area contributed by atoms with E-state index in [0.29, 0.717) is 0 Å². The molecular weight excluding hydrogens is 496 g/mol. The Balaban J connectivity index is 1.32. The van der Waals surface area contributed by atoms with Crippen LogP contribution in [0.2, 0.25) is 0 Å². The van der Waals surface area contributed by atoms with E-state index in [1.807, 2.05) is 0 Å². The van der Waals surface area contributed by atoms with Crippen molar-refractivity contribution in [2.45, 2.75) is 58.3 Å². The minimum absolute atomic E-state index is 0.0533. The van der Waals surface area contributed by atoms with Gasteiger partial charge in [0.2, 0.25) is 0 Å².